The van der Waals surface area contributed by atoms with Crippen molar-refractivity contribution in [2.75, 3.05) is 0 Å². The van der Waals surface area contributed by atoms with Gasteiger partial charge in [-0.2, -0.15) is 0 Å². The maximum absolute atomic E-state index is 10.4. The van der Waals surface area contributed by atoms with Gasteiger partial charge >= 0.3 is 0 Å². The van der Waals surface area contributed by atoms with E-state index in [1.54, 1.807) is 0 Å². The molecule has 0 saturated heterocycles. The van der Waals surface area contributed by atoms with Gasteiger partial charge in [0, 0.05) is 0 Å². The molecular formula is C19H28O2. The molecule has 2 fully saturated rings. The summed E-state index contributed by atoms with van der Waals surface area (Å²) in [6, 6.07) is 0. The normalized spacial score (nSPS) is 55.4. The lowest BCUT2D eigenvalue weighted by atomic mass is 9.48. The van der Waals surface area contributed by atoms with Gasteiger partial charge in [-0.15, -0.1) is 0 Å². The first-order valence-corrected chi connectivity index (χ1v) is 8.70. The standard InChI is InChI=1S/C19H28O2/c1-18-9-3-4-13(18)12-5-6-15-17(21)16(20)8-11-19(15,2)14(12)7-10-18/h3,6,9,12-14,16-17,20-21H,4-5,7-8,10-11H2,1-2H3/t12-,13-,14-,16?,17?,18-,19+/m0/s1. The van der Waals surface area contributed by atoms with Crippen molar-refractivity contribution in [2.24, 2.45) is 28.6 Å². The molecule has 0 aromatic carbocycles. The molecule has 2 saturated carbocycles. The molecular weight excluding hydrogens is 260 g/mol. The topological polar surface area (TPSA) is 40.5 Å². The summed E-state index contributed by atoms with van der Waals surface area (Å²) in [5.41, 5.74) is 1.68. The van der Waals surface area contributed by atoms with Crippen LogP contribution in [0.3, 0.4) is 0 Å². The Morgan fingerprint density at radius 1 is 1.05 bits per heavy atom. The summed E-state index contributed by atoms with van der Waals surface area (Å²) in [6.45, 7) is 4.80. The van der Waals surface area contributed by atoms with Crippen LogP contribution in [-0.4, -0.2) is 22.4 Å². The number of rotatable bonds is 0. The average Bonchev–Trinajstić information content (AvgIpc) is 2.85. The lowest BCUT2D eigenvalue weighted by Crippen LogP contribution is -2.53. The van der Waals surface area contributed by atoms with Gasteiger partial charge in [0.1, 0.15) is 6.10 Å². The number of fused-ring (bicyclic) bond motifs is 5. The van der Waals surface area contributed by atoms with Crippen molar-refractivity contribution in [3.8, 4) is 0 Å². The smallest absolute Gasteiger partial charge is 0.101 e. The van der Waals surface area contributed by atoms with Gasteiger partial charge in [0.2, 0.25) is 0 Å². The maximum atomic E-state index is 10.4. The van der Waals surface area contributed by atoms with E-state index in [0.29, 0.717) is 11.3 Å². The molecule has 116 valence electrons. The van der Waals surface area contributed by atoms with Gasteiger partial charge in [-0.25, -0.2) is 0 Å². The molecule has 0 aromatic heterocycles. The van der Waals surface area contributed by atoms with Crippen LogP contribution in [0, 0.1) is 28.6 Å². The molecule has 0 amide bonds. The summed E-state index contributed by atoms with van der Waals surface area (Å²) in [5.74, 6) is 2.24. The second-order valence-corrected chi connectivity index (χ2v) is 8.42. The highest BCUT2D eigenvalue weighted by atomic mass is 16.3. The monoisotopic (exact) mass is 288 g/mol. The summed E-state index contributed by atoms with van der Waals surface area (Å²) in [5, 5.41) is 20.5. The molecule has 2 heteroatoms. The third kappa shape index (κ3) is 1.78. The van der Waals surface area contributed by atoms with Gasteiger partial charge < -0.3 is 10.2 Å². The SMILES string of the molecule is C[C@@]12C=CC[C@H]1[C@@H]1CC=C3C(O)C(O)CC[C@]3(C)[C@H]1CC2. The zero-order valence-electron chi connectivity index (χ0n) is 13.3. The second kappa shape index (κ2) is 4.45. The number of hydrogen-bond donors (Lipinski definition) is 2. The fourth-order valence-electron chi connectivity index (χ4n) is 6.20. The van der Waals surface area contributed by atoms with Crippen LogP contribution >= 0.6 is 0 Å². The van der Waals surface area contributed by atoms with E-state index in [1.165, 1.54) is 19.3 Å². The fraction of sp³-hybridized carbons (Fsp3) is 0.789. The molecule has 0 aromatic rings. The molecule has 7 atom stereocenters. The molecule has 0 aliphatic heterocycles. The largest absolute Gasteiger partial charge is 0.390 e. The molecule has 0 radical (unpaired) electrons. The number of aliphatic hydroxyl groups excluding tert-OH is 2. The Morgan fingerprint density at radius 2 is 1.86 bits per heavy atom. The Labute approximate surface area is 127 Å². The van der Waals surface area contributed by atoms with Gasteiger partial charge in [-0.1, -0.05) is 32.1 Å². The van der Waals surface area contributed by atoms with Gasteiger partial charge in [0.05, 0.1) is 6.10 Å². The molecule has 4 rings (SSSR count). The van der Waals surface area contributed by atoms with Gasteiger partial charge in [0.15, 0.2) is 0 Å². The lowest BCUT2D eigenvalue weighted by Gasteiger charge is -2.57. The Morgan fingerprint density at radius 3 is 2.67 bits per heavy atom. The minimum atomic E-state index is -0.625. The Hall–Kier alpha value is -0.600. The zero-order chi connectivity index (χ0) is 14.8. The minimum absolute atomic E-state index is 0.117. The van der Waals surface area contributed by atoms with Crippen LogP contribution in [-0.2, 0) is 0 Å². The van der Waals surface area contributed by atoms with E-state index in [-0.39, 0.29) is 5.41 Å². The first-order valence-electron chi connectivity index (χ1n) is 8.70. The predicted molar refractivity (Wildman–Crippen MR) is 83.6 cm³/mol. The Balaban J connectivity index is 1.71. The van der Waals surface area contributed by atoms with E-state index >= 15 is 0 Å². The first-order chi connectivity index (χ1) is 9.96. The van der Waals surface area contributed by atoms with E-state index in [2.05, 4.69) is 32.1 Å². The van der Waals surface area contributed by atoms with Gasteiger partial charge in [-0.05, 0) is 72.7 Å². The summed E-state index contributed by atoms with van der Waals surface area (Å²) in [6.07, 6.45) is 12.7. The maximum Gasteiger partial charge on any atom is 0.101 e. The van der Waals surface area contributed by atoms with Crippen LogP contribution in [0.2, 0.25) is 0 Å². The fourth-order valence-corrected chi connectivity index (χ4v) is 6.20. The summed E-state index contributed by atoms with van der Waals surface area (Å²) >= 11 is 0. The molecule has 4 aliphatic carbocycles. The van der Waals surface area contributed by atoms with Crippen LogP contribution in [0.1, 0.15) is 52.4 Å². The van der Waals surface area contributed by atoms with Crippen molar-refractivity contribution >= 4 is 0 Å². The highest BCUT2D eigenvalue weighted by Gasteiger charge is 2.56. The van der Waals surface area contributed by atoms with Gasteiger partial charge in [0.25, 0.3) is 0 Å². The molecule has 21 heavy (non-hydrogen) atoms. The minimum Gasteiger partial charge on any atom is -0.390 e. The van der Waals surface area contributed by atoms with Crippen LogP contribution in [0.5, 0.6) is 0 Å². The van der Waals surface area contributed by atoms with Crippen molar-refractivity contribution in [2.45, 2.75) is 64.6 Å². The summed E-state index contributed by atoms with van der Waals surface area (Å²) in [4.78, 5) is 0. The Kier molecular flexibility index (Phi) is 2.97. The van der Waals surface area contributed by atoms with Crippen LogP contribution in [0.25, 0.3) is 0 Å². The summed E-state index contributed by atoms with van der Waals surface area (Å²) < 4.78 is 0. The first kappa shape index (κ1) is 14.0. The Bertz CT molecular complexity index is 508. The molecule has 4 aliphatic rings. The van der Waals surface area contributed by atoms with Crippen LogP contribution in [0.15, 0.2) is 23.8 Å². The van der Waals surface area contributed by atoms with E-state index in [1.807, 2.05) is 0 Å². The van der Waals surface area contributed by atoms with Crippen molar-refractivity contribution in [3.63, 3.8) is 0 Å². The number of aliphatic hydroxyl groups is 2. The molecule has 0 spiro atoms. The lowest BCUT2D eigenvalue weighted by molar-refractivity contribution is -0.0638. The second-order valence-electron chi connectivity index (χ2n) is 8.42. The molecule has 2 nitrogen and oxygen atoms in total. The molecule has 0 heterocycles. The van der Waals surface area contributed by atoms with E-state index < -0.39 is 12.2 Å². The third-order valence-electron chi connectivity index (χ3n) is 7.49. The number of allylic oxidation sites excluding steroid dienone is 3. The molecule has 0 bridgehead atoms. The molecule has 2 unspecified atom stereocenters. The van der Waals surface area contributed by atoms with Crippen molar-refractivity contribution in [1.82, 2.24) is 0 Å². The number of hydrogen-bond acceptors (Lipinski definition) is 2. The summed E-state index contributed by atoms with van der Waals surface area (Å²) in [7, 11) is 0. The predicted octanol–water partition coefficient (Wildman–Crippen LogP) is 3.45. The van der Waals surface area contributed by atoms with Gasteiger partial charge in [-0.3, -0.25) is 0 Å². The molecule has 2 N–H and O–H groups in total. The highest BCUT2D eigenvalue weighted by molar-refractivity contribution is 5.29. The zero-order valence-corrected chi connectivity index (χ0v) is 13.3. The van der Waals surface area contributed by atoms with E-state index in [4.69, 9.17) is 0 Å². The van der Waals surface area contributed by atoms with Crippen molar-refractivity contribution in [1.29, 1.82) is 0 Å². The van der Waals surface area contributed by atoms with Crippen LogP contribution in [0.4, 0.5) is 0 Å². The third-order valence-corrected chi connectivity index (χ3v) is 7.49. The quantitative estimate of drug-likeness (QED) is 0.670. The highest BCUT2D eigenvalue weighted by Crippen LogP contribution is 2.63. The van der Waals surface area contributed by atoms with Crippen molar-refractivity contribution in [3.05, 3.63) is 23.8 Å². The van der Waals surface area contributed by atoms with Crippen LogP contribution < -0.4 is 0 Å². The van der Waals surface area contributed by atoms with Crippen molar-refractivity contribution < 1.29 is 10.2 Å². The van der Waals surface area contributed by atoms with E-state index in [9.17, 15) is 10.2 Å². The average molecular weight is 288 g/mol. The van der Waals surface area contributed by atoms with E-state index in [0.717, 1.165) is 36.7 Å².